The van der Waals surface area contributed by atoms with Crippen LogP contribution in [0, 0.1) is 0 Å². The van der Waals surface area contributed by atoms with Crippen molar-refractivity contribution in [2.45, 2.75) is 26.3 Å². The van der Waals surface area contributed by atoms with Crippen LogP contribution in [0.25, 0.3) is 0 Å². The number of guanidine groups is 1. The number of pyridine rings is 1. The standard InChI is InChI=1S/C23H28N4O2S/c1-4-28-20-7-5-6-8-21(20)29-22-10-9-18(14-25-22)15-27-23(24-3)26-13-17(2)19-11-12-30-16-19/h5-12,14,16-17H,4,13,15H2,1-3H3,(H2,24,26,27). The fourth-order valence-electron chi connectivity index (χ4n) is 2.83. The molecular formula is C23H28N4O2S. The molecule has 0 saturated carbocycles. The molecule has 2 heterocycles. The van der Waals surface area contributed by atoms with Gasteiger partial charge in [0.15, 0.2) is 17.5 Å². The molecular weight excluding hydrogens is 396 g/mol. The summed E-state index contributed by atoms with van der Waals surface area (Å²) in [6.45, 7) is 6.17. The topological polar surface area (TPSA) is 67.8 Å². The van der Waals surface area contributed by atoms with E-state index in [1.165, 1.54) is 5.56 Å². The minimum Gasteiger partial charge on any atom is -0.490 e. The van der Waals surface area contributed by atoms with E-state index in [1.54, 1.807) is 24.6 Å². The minimum absolute atomic E-state index is 0.424. The molecule has 30 heavy (non-hydrogen) atoms. The molecule has 2 N–H and O–H groups in total. The lowest BCUT2D eigenvalue weighted by Crippen LogP contribution is -2.38. The van der Waals surface area contributed by atoms with Crippen LogP contribution in [0.5, 0.6) is 17.4 Å². The average Bonchev–Trinajstić information content (AvgIpc) is 3.31. The Morgan fingerprint density at radius 2 is 1.97 bits per heavy atom. The third-order valence-electron chi connectivity index (χ3n) is 4.53. The number of nitrogens with zero attached hydrogens (tertiary/aromatic N) is 2. The van der Waals surface area contributed by atoms with Gasteiger partial charge in [0, 0.05) is 32.4 Å². The number of nitrogens with one attached hydrogen (secondary N) is 2. The summed E-state index contributed by atoms with van der Waals surface area (Å²) in [6, 6.07) is 13.6. The highest BCUT2D eigenvalue weighted by Gasteiger charge is 2.08. The van der Waals surface area contributed by atoms with E-state index in [9.17, 15) is 0 Å². The second-order valence-corrected chi connectivity index (χ2v) is 7.53. The fourth-order valence-corrected chi connectivity index (χ4v) is 3.61. The lowest BCUT2D eigenvalue weighted by molar-refractivity contribution is 0.319. The Kier molecular flexibility index (Phi) is 8.09. The third-order valence-corrected chi connectivity index (χ3v) is 5.23. The largest absolute Gasteiger partial charge is 0.490 e. The zero-order valence-electron chi connectivity index (χ0n) is 17.6. The first kappa shape index (κ1) is 21.6. The van der Waals surface area contributed by atoms with Crippen molar-refractivity contribution >= 4 is 17.3 Å². The van der Waals surface area contributed by atoms with Gasteiger partial charge in [-0.1, -0.05) is 25.1 Å². The highest BCUT2D eigenvalue weighted by atomic mass is 32.1. The molecule has 1 atom stereocenters. The highest BCUT2D eigenvalue weighted by Crippen LogP contribution is 2.30. The Labute approximate surface area is 182 Å². The summed E-state index contributed by atoms with van der Waals surface area (Å²) in [6.07, 6.45) is 1.80. The Hall–Kier alpha value is -3.06. The molecule has 0 fully saturated rings. The first-order valence-corrected chi connectivity index (χ1v) is 10.9. The van der Waals surface area contributed by atoms with Gasteiger partial charge in [-0.15, -0.1) is 0 Å². The van der Waals surface area contributed by atoms with E-state index in [4.69, 9.17) is 9.47 Å². The van der Waals surface area contributed by atoms with Crippen LogP contribution in [0.1, 0.15) is 30.9 Å². The van der Waals surface area contributed by atoms with E-state index >= 15 is 0 Å². The number of thiophene rings is 1. The summed E-state index contributed by atoms with van der Waals surface area (Å²) in [5.74, 6) is 3.08. The molecule has 1 aromatic carbocycles. The fraction of sp³-hybridized carbons (Fsp3) is 0.304. The zero-order valence-corrected chi connectivity index (χ0v) is 18.4. The third kappa shape index (κ3) is 6.22. The Morgan fingerprint density at radius 3 is 2.63 bits per heavy atom. The van der Waals surface area contributed by atoms with Crippen molar-refractivity contribution in [1.82, 2.24) is 15.6 Å². The van der Waals surface area contributed by atoms with Crippen molar-refractivity contribution in [3.63, 3.8) is 0 Å². The van der Waals surface area contributed by atoms with Gasteiger partial charge in [0.25, 0.3) is 0 Å². The minimum atomic E-state index is 0.424. The van der Waals surface area contributed by atoms with Gasteiger partial charge in [0.1, 0.15) is 0 Å². The number of para-hydroxylation sites is 2. The zero-order chi connectivity index (χ0) is 21.2. The van der Waals surface area contributed by atoms with Crippen LogP contribution >= 0.6 is 11.3 Å². The van der Waals surface area contributed by atoms with Gasteiger partial charge in [-0.2, -0.15) is 11.3 Å². The first-order valence-electron chi connectivity index (χ1n) is 10.0. The number of aromatic nitrogens is 1. The summed E-state index contributed by atoms with van der Waals surface area (Å²) < 4.78 is 11.5. The summed E-state index contributed by atoms with van der Waals surface area (Å²) in [5, 5.41) is 11.0. The second kappa shape index (κ2) is 11.2. The molecule has 0 amide bonds. The molecule has 2 aromatic heterocycles. The quantitative estimate of drug-likeness (QED) is 0.381. The Bertz CT molecular complexity index is 927. The van der Waals surface area contributed by atoms with Gasteiger partial charge in [-0.25, -0.2) is 4.98 Å². The van der Waals surface area contributed by atoms with Gasteiger partial charge < -0.3 is 20.1 Å². The number of rotatable bonds is 9. The summed E-state index contributed by atoms with van der Waals surface area (Å²) in [7, 11) is 1.77. The van der Waals surface area contributed by atoms with Crippen molar-refractivity contribution in [1.29, 1.82) is 0 Å². The summed E-state index contributed by atoms with van der Waals surface area (Å²) in [5.41, 5.74) is 2.38. The maximum atomic E-state index is 5.87. The summed E-state index contributed by atoms with van der Waals surface area (Å²) >= 11 is 1.72. The van der Waals surface area contributed by atoms with Crippen molar-refractivity contribution in [2.24, 2.45) is 4.99 Å². The smallest absolute Gasteiger partial charge is 0.219 e. The molecule has 0 spiro atoms. The van der Waals surface area contributed by atoms with Gasteiger partial charge in [0.05, 0.1) is 6.61 Å². The molecule has 3 aromatic rings. The SMILES string of the molecule is CCOc1ccccc1Oc1ccc(CNC(=NC)NCC(C)c2ccsc2)cn1. The molecule has 0 aliphatic carbocycles. The number of hydrogen-bond acceptors (Lipinski definition) is 5. The van der Waals surface area contributed by atoms with Crippen LogP contribution < -0.4 is 20.1 Å². The Balaban J connectivity index is 1.50. The lowest BCUT2D eigenvalue weighted by atomic mass is 10.1. The predicted octanol–water partition coefficient (Wildman–Crippen LogP) is 4.80. The van der Waals surface area contributed by atoms with Crippen LogP contribution in [-0.2, 0) is 6.54 Å². The predicted molar refractivity (Wildman–Crippen MR) is 123 cm³/mol. The number of hydrogen-bond donors (Lipinski definition) is 2. The van der Waals surface area contributed by atoms with Crippen molar-refractivity contribution in [2.75, 3.05) is 20.2 Å². The maximum Gasteiger partial charge on any atom is 0.219 e. The molecule has 0 aliphatic heterocycles. The van der Waals surface area contributed by atoms with Crippen LogP contribution in [-0.4, -0.2) is 31.1 Å². The van der Waals surface area contributed by atoms with E-state index in [1.807, 2.05) is 43.3 Å². The molecule has 158 valence electrons. The number of ether oxygens (including phenoxy) is 2. The van der Waals surface area contributed by atoms with E-state index in [0.717, 1.165) is 18.1 Å². The van der Waals surface area contributed by atoms with Crippen molar-refractivity contribution in [3.05, 3.63) is 70.5 Å². The monoisotopic (exact) mass is 424 g/mol. The average molecular weight is 425 g/mol. The molecule has 7 heteroatoms. The van der Waals surface area contributed by atoms with Crippen LogP contribution in [0.15, 0.2) is 64.4 Å². The van der Waals surface area contributed by atoms with Crippen LogP contribution in [0.4, 0.5) is 0 Å². The molecule has 1 unspecified atom stereocenters. The van der Waals surface area contributed by atoms with Crippen LogP contribution in [0.2, 0.25) is 0 Å². The maximum absolute atomic E-state index is 5.87. The molecule has 0 radical (unpaired) electrons. The van der Waals surface area contributed by atoms with Gasteiger partial charge in [-0.3, -0.25) is 4.99 Å². The lowest BCUT2D eigenvalue weighted by Gasteiger charge is -2.15. The highest BCUT2D eigenvalue weighted by molar-refractivity contribution is 7.07. The van der Waals surface area contributed by atoms with Crippen molar-refractivity contribution in [3.8, 4) is 17.4 Å². The van der Waals surface area contributed by atoms with E-state index in [2.05, 4.69) is 44.4 Å². The first-order chi connectivity index (χ1) is 14.7. The normalized spacial score (nSPS) is 12.3. The molecule has 0 saturated heterocycles. The Morgan fingerprint density at radius 1 is 1.13 bits per heavy atom. The van der Waals surface area contributed by atoms with E-state index in [-0.39, 0.29) is 0 Å². The van der Waals surface area contributed by atoms with Gasteiger partial charge in [-0.05, 0) is 52.9 Å². The van der Waals surface area contributed by atoms with Gasteiger partial charge in [0.2, 0.25) is 5.88 Å². The molecule has 3 rings (SSSR count). The van der Waals surface area contributed by atoms with E-state index < -0.39 is 0 Å². The number of benzene rings is 1. The molecule has 6 nitrogen and oxygen atoms in total. The van der Waals surface area contributed by atoms with Crippen LogP contribution in [0.3, 0.4) is 0 Å². The van der Waals surface area contributed by atoms with E-state index in [0.29, 0.717) is 36.4 Å². The summed E-state index contributed by atoms with van der Waals surface area (Å²) in [4.78, 5) is 8.71. The molecule has 0 bridgehead atoms. The van der Waals surface area contributed by atoms with Gasteiger partial charge >= 0.3 is 0 Å². The number of aliphatic imine (C=N–C) groups is 1. The van der Waals surface area contributed by atoms with Crippen molar-refractivity contribution < 1.29 is 9.47 Å². The second-order valence-electron chi connectivity index (χ2n) is 6.75. The molecule has 0 aliphatic rings.